The van der Waals surface area contributed by atoms with E-state index >= 15 is 0 Å². The highest BCUT2D eigenvalue weighted by atomic mass is 16.5. The van der Waals surface area contributed by atoms with Crippen molar-refractivity contribution in [2.24, 2.45) is 11.8 Å². The molecular weight excluding hydrogens is 242 g/mol. The minimum Gasteiger partial charge on any atom is -0.462 e. The molecule has 19 heavy (non-hydrogen) atoms. The molecule has 0 aliphatic heterocycles. The summed E-state index contributed by atoms with van der Waals surface area (Å²) in [6, 6.07) is 0. The molecule has 1 aromatic heterocycles. The van der Waals surface area contributed by atoms with Crippen LogP contribution in [-0.4, -0.2) is 23.3 Å². The number of ether oxygens (including phenoxy) is 1. The van der Waals surface area contributed by atoms with Gasteiger partial charge in [-0.05, 0) is 31.6 Å². The summed E-state index contributed by atoms with van der Waals surface area (Å²) in [6.45, 7) is 6.37. The molecule has 104 valence electrons. The lowest BCUT2D eigenvalue weighted by Gasteiger charge is -2.17. The van der Waals surface area contributed by atoms with Gasteiger partial charge in [0.05, 0.1) is 17.7 Å². The molecule has 1 aliphatic rings. The van der Waals surface area contributed by atoms with E-state index in [9.17, 15) is 9.59 Å². The molecular formula is C15H21NO3. The van der Waals surface area contributed by atoms with Gasteiger partial charge in [-0.25, -0.2) is 4.79 Å². The number of ketones is 1. The predicted molar refractivity (Wildman–Crippen MR) is 72.3 cm³/mol. The van der Waals surface area contributed by atoms with Crippen molar-refractivity contribution in [3.63, 3.8) is 0 Å². The average Bonchev–Trinajstić information content (AvgIpc) is 2.71. The molecule has 0 radical (unpaired) electrons. The lowest BCUT2D eigenvalue weighted by atomic mass is 9.88. The first kappa shape index (κ1) is 13.8. The Labute approximate surface area is 113 Å². The lowest BCUT2D eigenvalue weighted by Crippen LogP contribution is -2.14. The molecule has 1 atom stereocenters. The van der Waals surface area contributed by atoms with Gasteiger partial charge in [0.15, 0.2) is 5.78 Å². The van der Waals surface area contributed by atoms with Gasteiger partial charge in [-0.15, -0.1) is 0 Å². The number of nitrogens with one attached hydrogen (secondary N) is 1. The molecule has 0 amide bonds. The summed E-state index contributed by atoms with van der Waals surface area (Å²) in [5.41, 5.74) is 1.84. The number of hydrogen-bond acceptors (Lipinski definition) is 3. The molecule has 0 saturated carbocycles. The van der Waals surface area contributed by atoms with Crippen LogP contribution in [0.5, 0.6) is 0 Å². The maximum Gasteiger partial charge on any atom is 0.340 e. The van der Waals surface area contributed by atoms with E-state index in [2.05, 4.69) is 18.8 Å². The normalized spacial score (nSPS) is 19.2. The van der Waals surface area contributed by atoms with Crippen LogP contribution < -0.4 is 0 Å². The average molecular weight is 263 g/mol. The van der Waals surface area contributed by atoms with E-state index in [4.69, 9.17) is 4.74 Å². The molecule has 1 heterocycles. The lowest BCUT2D eigenvalue weighted by molar-refractivity contribution is 0.0523. The summed E-state index contributed by atoms with van der Waals surface area (Å²) >= 11 is 0. The highest BCUT2D eigenvalue weighted by molar-refractivity contribution is 6.07. The van der Waals surface area contributed by atoms with Crippen LogP contribution in [0.1, 0.15) is 60.0 Å². The Balaban J connectivity index is 2.30. The zero-order valence-corrected chi connectivity index (χ0v) is 11.8. The van der Waals surface area contributed by atoms with Crippen molar-refractivity contribution in [2.75, 3.05) is 6.61 Å². The molecule has 4 heteroatoms. The van der Waals surface area contributed by atoms with Gasteiger partial charge < -0.3 is 9.72 Å². The first-order chi connectivity index (χ1) is 9.04. The maximum atomic E-state index is 12.4. The van der Waals surface area contributed by atoms with Crippen molar-refractivity contribution in [1.82, 2.24) is 4.98 Å². The first-order valence-electron chi connectivity index (χ1n) is 6.95. The summed E-state index contributed by atoms with van der Waals surface area (Å²) in [6.07, 6.45) is 3.94. The number of aromatic nitrogens is 1. The summed E-state index contributed by atoms with van der Waals surface area (Å²) in [7, 11) is 0. The van der Waals surface area contributed by atoms with Crippen molar-refractivity contribution < 1.29 is 14.3 Å². The number of carbonyl (C=O) groups excluding carboxylic acids is 2. The van der Waals surface area contributed by atoms with Gasteiger partial charge in [-0.2, -0.15) is 0 Å². The number of carbonyl (C=O) groups is 2. The number of H-pyrrole nitrogens is 1. The molecule has 0 spiro atoms. The first-order valence-corrected chi connectivity index (χ1v) is 6.95. The third-order valence-electron chi connectivity index (χ3n) is 3.89. The fourth-order valence-corrected chi connectivity index (χ4v) is 2.69. The summed E-state index contributed by atoms with van der Waals surface area (Å²) < 4.78 is 5.00. The Hall–Kier alpha value is -1.58. The minimum atomic E-state index is -0.406. The van der Waals surface area contributed by atoms with E-state index in [0.29, 0.717) is 36.0 Å². The van der Waals surface area contributed by atoms with Gasteiger partial charge in [-0.3, -0.25) is 4.79 Å². The molecule has 2 rings (SSSR count). The van der Waals surface area contributed by atoms with Crippen LogP contribution in [0, 0.1) is 11.8 Å². The van der Waals surface area contributed by atoms with Crippen LogP contribution in [0.3, 0.4) is 0 Å². The highest BCUT2D eigenvalue weighted by Crippen LogP contribution is 2.30. The number of aryl methyl sites for hydroxylation is 1. The summed E-state index contributed by atoms with van der Waals surface area (Å²) in [5, 5.41) is 0. The van der Waals surface area contributed by atoms with E-state index < -0.39 is 5.97 Å². The van der Waals surface area contributed by atoms with Gasteiger partial charge in [0.1, 0.15) is 0 Å². The Morgan fingerprint density at radius 2 is 2.26 bits per heavy atom. The number of rotatable bonds is 3. The monoisotopic (exact) mass is 263 g/mol. The van der Waals surface area contributed by atoms with Crippen LogP contribution in [0.4, 0.5) is 0 Å². The molecule has 4 nitrogen and oxygen atoms in total. The summed E-state index contributed by atoms with van der Waals surface area (Å²) in [4.78, 5) is 27.3. The van der Waals surface area contributed by atoms with Crippen molar-refractivity contribution in [3.05, 3.63) is 23.0 Å². The van der Waals surface area contributed by atoms with E-state index in [-0.39, 0.29) is 5.78 Å². The standard InChI is InChI=1S/C15H21NO3/c1-4-19-15(18)11-8-16-12-6-5-10(9(2)3)7-13(17)14(11)12/h8-10,16H,4-7H2,1-3H3. The summed E-state index contributed by atoms with van der Waals surface area (Å²) in [5.74, 6) is 0.536. The SMILES string of the molecule is CCOC(=O)c1c[nH]c2c1C(=O)CC(C(C)C)CC2. The van der Waals surface area contributed by atoms with E-state index in [0.717, 1.165) is 18.5 Å². The van der Waals surface area contributed by atoms with E-state index in [1.165, 1.54) is 0 Å². The molecule has 0 saturated heterocycles. The quantitative estimate of drug-likeness (QED) is 0.673. The number of fused-ring (bicyclic) bond motifs is 1. The molecule has 0 bridgehead atoms. The predicted octanol–water partition coefficient (Wildman–Crippen LogP) is 2.98. The van der Waals surface area contributed by atoms with E-state index in [1.54, 1.807) is 13.1 Å². The smallest absolute Gasteiger partial charge is 0.340 e. The van der Waals surface area contributed by atoms with Gasteiger partial charge in [0.2, 0.25) is 0 Å². The van der Waals surface area contributed by atoms with E-state index in [1.807, 2.05) is 0 Å². The minimum absolute atomic E-state index is 0.0653. The number of aromatic amines is 1. The fourth-order valence-electron chi connectivity index (χ4n) is 2.69. The highest BCUT2D eigenvalue weighted by Gasteiger charge is 2.30. The number of Topliss-reactive ketones (excluding diaryl/α,β-unsaturated/α-hetero) is 1. The molecule has 1 aromatic rings. The molecule has 0 fully saturated rings. The van der Waals surface area contributed by atoms with Crippen LogP contribution in [0.2, 0.25) is 0 Å². The van der Waals surface area contributed by atoms with Crippen LogP contribution in [0.25, 0.3) is 0 Å². The van der Waals surface area contributed by atoms with Crippen molar-refractivity contribution in [2.45, 2.75) is 40.0 Å². The third kappa shape index (κ3) is 2.72. The van der Waals surface area contributed by atoms with Gasteiger partial charge in [-0.1, -0.05) is 13.8 Å². The van der Waals surface area contributed by atoms with Gasteiger partial charge in [0, 0.05) is 18.3 Å². The Morgan fingerprint density at radius 3 is 2.89 bits per heavy atom. The maximum absolute atomic E-state index is 12.4. The van der Waals surface area contributed by atoms with Crippen LogP contribution in [-0.2, 0) is 11.2 Å². The Kier molecular flexibility index (Phi) is 4.08. The van der Waals surface area contributed by atoms with Gasteiger partial charge >= 0.3 is 5.97 Å². The Bertz CT molecular complexity index is 488. The number of esters is 1. The van der Waals surface area contributed by atoms with Crippen molar-refractivity contribution >= 4 is 11.8 Å². The molecule has 1 aliphatic carbocycles. The Morgan fingerprint density at radius 1 is 1.53 bits per heavy atom. The second-order valence-electron chi connectivity index (χ2n) is 5.45. The van der Waals surface area contributed by atoms with Crippen molar-refractivity contribution in [1.29, 1.82) is 0 Å². The fraction of sp³-hybridized carbons (Fsp3) is 0.600. The van der Waals surface area contributed by atoms with Crippen molar-refractivity contribution in [3.8, 4) is 0 Å². The van der Waals surface area contributed by atoms with Crippen LogP contribution in [0.15, 0.2) is 6.20 Å². The molecule has 1 unspecified atom stereocenters. The molecule has 0 aromatic carbocycles. The zero-order chi connectivity index (χ0) is 14.0. The second kappa shape index (κ2) is 5.59. The topological polar surface area (TPSA) is 59.2 Å². The molecule has 1 N–H and O–H groups in total. The second-order valence-corrected chi connectivity index (χ2v) is 5.45. The van der Waals surface area contributed by atoms with Gasteiger partial charge in [0.25, 0.3) is 0 Å². The largest absolute Gasteiger partial charge is 0.462 e. The van der Waals surface area contributed by atoms with Crippen LogP contribution >= 0.6 is 0 Å². The number of hydrogen-bond donors (Lipinski definition) is 1. The zero-order valence-electron chi connectivity index (χ0n) is 11.8. The third-order valence-corrected chi connectivity index (χ3v) is 3.89.